The second-order valence-electron chi connectivity index (χ2n) is 6.96. The van der Waals surface area contributed by atoms with Crippen LogP contribution in [0.3, 0.4) is 0 Å². The van der Waals surface area contributed by atoms with E-state index in [9.17, 15) is 9.59 Å². The maximum absolute atomic E-state index is 11.9. The second kappa shape index (κ2) is 10.4. The number of nitrogens with one attached hydrogen (secondary N) is 1. The summed E-state index contributed by atoms with van der Waals surface area (Å²) in [6.07, 6.45) is 5.25. The third-order valence-electron chi connectivity index (χ3n) is 4.75. The molecule has 1 aliphatic rings. The Morgan fingerprint density at radius 2 is 2.04 bits per heavy atom. The van der Waals surface area contributed by atoms with E-state index in [1.54, 1.807) is 12.1 Å². The molecule has 0 bridgehead atoms. The van der Waals surface area contributed by atoms with Crippen molar-refractivity contribution in [2.24, 2.45) is 5.92 Å². The van der Waals surface area contributed by atoms with Gasteiger partial charge in [0.25, 0.3) is 5.91 Å². The normalized spacial score (nSPS) is 19.7. The van der Waals surface area contributed by atoms with Crippen molar-refractivity contribution in [3.8, 4) is 5.75 Å². The van der Waals surface area contributed by atoms with Crippen LogP contribution in [0.2, 0.25) is 5.02 Å². The van der Waals surface area contributed by atoms with Crippen molar-refractivity contribution >= 4 is 23.5 Å². The number of carbonyl (C=O) groups is 2. The third-order valence-corrected chi connectivity index (χ3v) is 5.17. The van der Waals surface area contributed by atoms with Crippen molar-refractivity contribution in [1.82, 2.24) is 5.32 Å². The van der Waals surface area contributed by atoms with E-state index in [0.29, 0.717) is 24.0 Å². The van der Waals surface area contributed by atoms with Crippen LogP contribution in [-0.4, -0.2) is 31.1 Å². The Bertz CT molecular complexity index is 620. The van der Waals surface area contributed by atoms with Crippen LogP contribution < -0.4 is 10.1 Å². The van der Waals surface area contributed by atoms with Crippen molar-refractivity contribution in [3.05, 3.63) is 28.8 Å². The second-order valence-corrected chi connectivity index (χ2v) is 7.37. The lowest BCUT2D eigenvalue weighted by molar-refractivity contribution is -0.149. The van der Waals surface area contributed by atoms with E-state index in [-0.39, 0.29) is 30.9 Å². The quantitative estimate of drug-likeness (QED) is 0.545. The molecule has 2 rings (SSSR count). The van der Waals surface area contributed by atoms with Crippen LogP contribution in [0, 0.1) is 12.8 Å². The molecule has 1 aliphatic carbocycles. The highest BCUT2D eigenvalue weighted by Crippen LogP contribution is 2.23. The highest BCUT2D eigenvalue weighted by molar-refractivity contribution is 6.31. The van der Waals surface area contributed by atoms with E-state index in [0.717, 1.165) is 30.6 Å². The molecule has 1 fully saturated rings. The van der Waals surface area contributed by atoms with Crippen molar-refractivity contribution in [3.63, 3.8) is 0 Å². The molecular formula is C20H28ClNO4. The van der Waals surface area contributed by atoms with Gasteiger partial charge in [0.15, 0.2) is 6.61 Å². The molecule has 26 heavy (non-hydrogen) atoms. The predicted octanol–water partition coefficient (Wildman–Crippen LogP) is 4.05. The fourth-order valence-electron chi connectivity index (χ4n) is 3.11. The standard InChI is InChI=1S/C20H28ClNO4/c1-14-6-3-4-7-18(14)22-19(23)13-26-20(24)8-5-11-25-16-9-10-17(21)15(2)12-16/h9-10,12,14,18H,3-8,11,13H2,1-2H3,(H,22,23)/t14-,18-/m0/s1. The van der Waals surface area contributed by atoms with Crippen LogP contribution in [0.1, 0.15) is 51.0 Å². The number of carbonyl (C=O) groups excluding carboxylic acids is 2. The van der Waals surface area contributed by atoms with Gasteiger partial charge < -0.3 is 14.8 Å². The first-order valence-corrected chi connectivity index (χ1v) is 9.67. The molecule has 0 heterocycles. The van der Waals surface area contributed by atoms with Gasteiger partial charge in [-0.1, -0.05) is 31.4 Å². The Morgan fingerprint density at radius 3 is 2.77 bits per heavy atom. The number of amides is 1. The molecule has 0 aromatic heterocycles. The summed E-state index contributed by atoms with van der Waals surface area (Å²) < 4.78 is 10.6. The van der Waals surface area contributed by atoms with Gasteiger partial charge in [0.05, 0.1) is 6.61 Å². The molecule has 6 heteroatoms. The first kappa shape index (κ1) is 20.6. The zero-order chi connectivity index (χ0) is 18.9. The Morgan fingerprint density at radius 1 is 1.27 bits per heavy atom. The number of rotatable bonds is 8. The zero-order valence-corrected chi connectivity index (χ0v) is 16.3. The molecule has 0 aliphatic heterocycles. The summed E-state index contributed by atoms with van der Waals surface area (Å²) in [6, 6.07) is 5.64. The van der Waals surface area contributed by atoms with Gasteiger partial charge in [0.2, 0.25) is 0 Å². The monoisotopic (exact) mass is 381 g/mol. The number of esters is 1. The minimum atomic E-state index is -0.382. The van der Waals surface area contributed by atoms with Crippen LogP contribution in [0.15, 0.2) is 18.2 Å². The Labute approximate surface area is 160 Å². The summed E-state index contributed by atoms with van der Waals surface area (Å²) in [5.74, 6) is 0.607. The number of halogens is 1. The highest BCUT2D eigenvalue weighted by Gasteiger charge is 2.23. The molecule has 2 atom stereocenters. The van der Waals surface area contributed by atoms with E-state index in [4.69, 9.17) is 21.1 Å². The number of aryl methyl sites for hydroxylation is 1. The van der Waals surface area contributed by atoms with Crippen molar-refractivity contribution in [2.45, 2.75) is 58.4 Å². The Hall–Kier alpha value is -1.75. The minimum absolute atomic E-state index is 0.200. The molecule has 0 saturated heterocycles. The van der Waals surface area contributed by atoms with Gasteiger partial charge in [-0.25, -0.2) is 0 Å². The Kier molecular flexibility index (Phi) is 8.23. The van der Waals surface area contributed by atoms with Gasteiger partial charge >= 0.3 is 5.97 Å². The van der Waals surface area contributed by atoms with Crippen LogP contribution in [-0.2, 0) is 14.3 Å². The fourth-order valence-corrected chi connectivity index (χ4v) is 3.23. The van der Waals surface area contributed by atoms with Gasteiger partial charge in [0.1, 0.15) is 5.75 Å². The fraction of sp³-hybridized carbons (Fsp3) is 0.600. The van der Waals surface area contributed by atoms with E-state index < -0.39 is 0 Å². The maximum Gasteiger partial charge on any atom is 0.306 e. The molecule has 1 amide bonds. The molecule has 0 spiro atoms. The molecule has 1 aromatic carbocycles. The molecule has 1 N–H and O–H groups in total. The van der Waals surface area contributed by atoms with Crippen molar-refractivity contribution in [1.29, 1.82) is 0 Å². The molecule has 144 valence electrons. The van der Waals surface area contributed by atoms with Crippen molar-refractivity contribution in [2.75, 3.05) is 13.2 Å². The Balaban J connectivity index is 1.58. The summed E-state index contributed by atoms with van der Waals surface area (Å²) in [6.45, 7) is 4.26. The van der Waals surface area contributed by atoms with E-state index in [1.807, 2.05) is 13.0 Å². The van der Waals surface area contributed by atoms with Crippen LogP contribution >= 0.6 is 11.6 Å². The SMILES string of the molecule is Cc1cc(OCCCC(=O)OCC(=O)N[C@H]2CCCC[C@@H]2C)ccc1Cl. The average molecular weight is 382 g/mol. The summed E-state index contributed by atoms with van der Waals surface area (Å²) in [5.41, 5.74) is 0.946. The molecule has 5 nitrogen and oxygen atoms in total. The molecular weight excluding hydrogens is 354 g/mol. The van der Waals surface area contributed by atoms with E-state index in [1.165, 1.54) is 6.42 Å². The summed E-state index contributed by atoms with van der Waals surface area (Å²) in [5, 5.41) is 3.67. The number of hydrogen-bond donors (Lipinski definition) is 1. The van der Waals surface area contributed by atoms with E-state index in [2.05, 4.69) is 12.2 Å². The lowest BCUT2D eigenvalue weighted by Gasteiger charge is -2.29. The number of benzene rings is 1. The average Bonchev–Trinajstić information content (AvgIpc) is 2.62. The van der Waals surface area contributed by atoms with E-state index >= 15 is 0 Å². The molecule has 1 saturated carbocycles. The first-order valence-electron chi connectivity index (χ1n) is 9.29. The van der Waals surface area contributed by atoms with Gasteiger partial charge in [-0.3, -0.25) is 9.59 Å². The van der Waals surface area contributed by atoms with Gasteiger partial charge in [-0.2, -0.15) is 0 Å². The zero-order valence-electron chi connectivity index (χ0n) is 15.6. The van der Waals surface area contributed by atoms with Gasteiger partial charge in [-0.15, -0.1) is 0 Å². The van der Waals surface area contributed by atoms with Crippen molar-refractivity contribution < 1.29 is 19.1 Å². The molecule has 0 unspecified atom stereocenters. The highest BCUT2D eigenvalue weighted by atomic mass is 35.5. The third kappa shape index (κ3) is 6.87. The lowest BCUT2D eigenvalue weighted by Crippen LogP contribution is -2.42. The molecule has 1 aromatic rings. The van der Waals surface area contributed by atoms with Gasteiger partial charge in [0, 0.05) is 17.5 Å². The lowest BCUT2D eigenvalue weighted by atomic mass is 9.86. The summed E-state index contributed by atoms with van der Waals surface area (Å²) >= 11 is 5.96. The van der Waals surface area contributed by atoms with Crippen LogP contribution in [0.4, 0.5) is 0 Å². The summed E-state index contributed by atoms with van der Waals surface area (Å²) in [4.78, 5) is 23.7. The topological polar surface area (TPSA) is 64.6 Å². The first-order chi connectivity index (χ1) is 12.5. The number of hydrogen-bond acceptors (Lipinski definition) is 4. The molecule has 0 radical (unpaired) electrons. The largest absolute Gasteiger partial charge is 0.494 e. The predicted molar refractivity (Wildman–Crippen MR) is 101 cm³/mol. The summed E-state index contributed by atoms with van der Waals surface area (Å²) in [7, 11) is 0. The minimum Gasteiger partial charge on any atom is -0.494 e. The van der Waals surface area contributed by atoms with Crippen LogP contribution in [0.5, 0.6) is 5.75 Å². The maximum atomic E-state index is 11.9. The van der Waals surface area contributed by atoms with Crippen LogP contribution in [0.25, 0.3) is 0 Å². The van der Waals surface area contributed by atoms with Gasteiger partial charge in [-0.05, 0) is 55.9 Å². The smallest absolute Gasteiger partial charge is 0.306 e. The number of ether oxygens (including phenoxy) is 2.